The summed E-state index contributed by atoms with van der Waals surface area (Å²) < 4.78 is 0. The van der Waals surface area contributed by atoms with Crippen molar-refractivity contribution in [1.82, 2.24) is 10.2 Å². The number of rotatable bonds is 4. The van der Waals surface area contributed by atoms with Crippen LogP contribution in [0, 0.1) is 5.41 Å². The maximum atomic E-state index is 12.4. The van der Waals surface area contributed by atoms with Crippen LogP contribution in [0.1, 0.15) is 37.0 Å². The molecule has 0 bridgehead atoms. The lowest BCUT2D eigenvalue weighted by Crippen LogP contribution is -2.54. The van der Waals surface area contributed by atoms with Crippen LogP contribution in [0.3, 0.4) is 0 Å². The molecular weight excluding hydrogens is 326 g/mol. The predicted octanol–water partition coefficient (Wildman–Crippen LogP) is 2.55. The van der Waals surface area contributed by atoms with Crippen molar-refractivity contribution in [3.8, 4) is 0 Å². The molecule has 1 unspecified atom stereocenters. The second-order valence-corrected chi connectivity index (χ2v) is 7.77. The fourth-order valence-corrected chi connectivity index (χ4v) is 3.46. The monoisotopic (exact) mass is 353 g/mol. The van der Waals surface area contributed by atoms with Crippen LogP contribution >= 0.6 is 0 Å². The van der Waals surface area contributed by atoms with Crippen LogP contribution in [-0.2, 0) is 4.79 Å². The second-order valence-electron chi connectivity index (χ2n) is 7.77. The third-order valence-electron chi connectivity index (χ3n) is 5.30. The largest absolute Gasteiger partial charge is 0.352 e. The van der Waals surface area contributed by atoms with E-state index in [2.05, 4.69) is 19.2 Å². The van der Waals surface area contributed by atoms with E-state index in [0.717, 1.165) is 17.2 Å². The van der Waals surface area contributed by atoms with E-state index in [9.17, 15) is 9.59 Å². The number of hydrogen-bond acceptors (Lipinski definition) is 3. The van der Waals surface area contributed by atoms with Gasteiger partial charge < -0.3 is 16.0 Å². The van der Waals surface area contributed by atoms with Gasteiger partial charge in [0.2, 0.25) is 5.91 Å². The van der Waals surface area contributed by atoms with Gasteiger partial charge in [0.1, 0.15) is 0 Å². The van der Waals surface area contributed by atoms with Crippen molar-refractivity contribution in [3.63, 3.8) is 0 Å². The SMILES string of the molecule is CC1(C)CN(C(=O)CCNC(=O)c2ccc3ccccc3c2)CCC1N. The molecule has 0 aromatic heterocycles. The summed E-state index contributed by atoms with van der Waals surface area (Å²) in [5, 5.41) is 4.98. The minimum absolute atomic E-state index is 0.0672. The molecule has 1 heterocycles. The maximum absolute atomic E-state index is 12.4. The molecule has 1 saturated heterocycles. The van der Waals surface area contributed by atoms with Crippen molar-refractivity contribution in [2.75, 3.05) is 19.6 Å². The number of benzene rings is 2. The van der Waals surface area contributed by atoms with Crippen LogP contribution < -0.4 is 11.1 Å². The van der Waals surface area contributed by atoms with E-state index in [4.69, 9.17) is 5.73 Å². The van der Waals surface area contributed by atoms with Gasteiger partial charge in [0.15, 0.2) is 0 Å². The van der Waals surface area contributed by atoms with Gasteiger partial charge in [-0.25, -0.2) is 0 Å². The summed E-state index contributed by atoms with van der Waals surface area (Å²) in [5.74, 6) is -0.0756. The molecule has 3 N–H and O–H groups in total. The van der Waals surface area contributed by atoms with Gasteiger partial charge in [0.25, 0.3) is 5.91 Å². The molecule has 1 fully saturated rings. The zero-order valence-corrected chi connectivity index (χ0v) is 15.5. The average Bonchev–Trinajstić information content (AvgIpc) is 2.63. The van der Waals surface area contributed by atoms with Gasteiger partial charge >= 0.3 is 0 Å². The van der Waals surface area contributed by atoms with Gasteiger partial charge in [0.05, 0.1) is 0 Å². The smallest absolute Gasteiger partial charge is 0.251 e. The van der Waals surface area contributed by atoms with E-state index < -0.39 is 0 Å². The van der Waals surface area contributed by atoms with E-state index in [-0.39, 0.29) is 23.3 Å². The molecule has 2 aromatic carbocycles. The van der Waals surface area contributed by atoms with E-state index in [1.165, 1.54) is 0 Å². The molecule has 5 heteroatoms. The van der Waals surface area contributed by atoms with E-state index >= 15 is 0 Å². The van der Waals surface area contributed by atoms with E-state index in [1.807, 2.05) is 47.4 Å². The van der Waals surface area contributed by atoms with Crippen molar-refractivity contribution >= 4 is 22.6 Å². The highest BCUT2D eigenvalue weighted by atomic mass is 16.2. The quantitative estimate of drug-likeness (QED) is 0.887. The minimum atomic E-state index is -0.149. The predicted molar refractivity (Wildman–Crippen MR) is 104 cm³/mol. The van der Waals surface area contributed by atoms with E-state index in [0.29, 0.717) is 31.6 Å². The first-order valence-corrected chi connectivity index (χ1v) is 9.17. The molecule has 0 radical (unpaired) electrons. The van der Waals surface area contributed by atoms with Crippen LogP contribution in [0.2, 0.25) is 0 Å². The zero-order valence-electron chi connectivity index (χ0n) is 15.5. The number of carbonyl (C=O) groups excluding carboxylic acids is 2. The Kier molecular flexibility index (Phi) is 5.28. The van der Waals surface area contributed by atoms with E-state index in [1.54, 1.807) is 0 Å². The molecule has 1 aliphatic rings. The summed E-state index contributed by atoms with van der Waals surface area (Å²) >= 11 is 0. The summed E-state index contributed by atoms with van der Waals surface area (Å²) in [5.41, 5.74) is 6.67. The number of nitrogens with one attached hydrogen (secondary N) is 1. The minimum Gasteiger partial charge on any atom is -0.352 e. The Labute approximate surface area is 154 Å². The number of fused-ring (bicyclic) bond motifs is 1. The van der Waals surface area contributed by atoms with Crippen molar-refractivity contribution < 1.29 is 9.59 Å². The zero-order chi connectivity index (χ0) is 18.7. The third-order valence-corrected chi connectivity index (χ3v) is 5.30. The van der Waals surface area contributed by atoms with Gasteiger partial charge in [-0.1, -0.05) is 44.2 Å². The van der Waals surface area contributed by atoms with Crippen LogP contribution in [0.4, 0.5) is 0 Å². The van der Waals surface area contributed by atoms with Gasteiger partial charge in [-0.15, -0.1) is 0 Å². The summed E-state index contributed by atoms with van der Waals surface area (Å²) in [6.07, 6.45) is 1.13. The molecule has 1 aliphatic heterocycles. The van der Waals surface area contributed by atoms with Crippen LogP contribution in [0.15, 0.2) is 42.5 Å². The molecule has 0 spiro atoms. The number of nitrogens with two attached hydrogens (primary N) is 1. The van der Waals surface area contributed by atoms with Crippen molar-refractivity contribution in [3.05, 3.63) is 48.0 Å². The second kappa shape index (κ2) is 7.46. The molecule has 26 heavy (non-hydrogen) atoms. The summed E-state index contributed by atoms with van der Waals surface area (Å²) in [6, 6.07) is 13.7. The lowest BCUT2D eigenvalue weighted by molar-refractivity contribution is -0.134. The first-order chi connectivity index (χ1) is 12.4. The number of likely N-dealkylation sites (tertiary alicyclic amines) is 1. The Morgan fingerprint density at radius 2 is 1.92 bits per heavy atom. The van der Waals surface area contributed by atoms with Gasteiger partial charge in [-0.3, -0.25) is 9.59 Å². The van der Waals surface area contributed by atoms with Crippen molar-refractivity contribution in [1.29, 1.82) is 0 Å². The van der Waals surface area contributed by atoms with Crippen LogP contribution in [0.25, 0.3) is 10.8 Å². The molecular formula is C21H27N3O2. The van der Waals surface area contributed by atoms with Crippen molar-refractivity contribution in [2.45, 2.75) is 32.7 Å². The number of amides is 2. The van der Waals surface area contributed by atoms with Crippen LogP contribution in [-0.4, -0.2) is 42.4 Å². The Hall–Kier alpha value is -2.40. The Morgan fingerprint density at radius 1 is 1.19 bits per heavy atom. The molecule has 2 amide bonds. The Bertz CT molecular complexity index is 816. The first-order valence-electron chi connectivity index (χ1n) is 9.17. The number of nitrogens with zero attached hydrogens (tertiary/aromatic N) is 1. The lowest BCUT2D eigenvalue weighted by atomic mass is 9.79. The first kappa shape index (κ1) is 18.4. The summed E-state index contributed by atoms with van der Waals surface area (Å²) in [6.45, 7) is 5.90. The fraction of sp³-hybridized carbons (Fsp3) is 0.429. The molecule has 138 valence electrons. The van der Waals surface area contributed by atoms with Gasteiger partial charge in [-0.2, -0.15) is 0 Å². The molecule has 3 rings (SSSR count). The number of carbonyl (C=O) groups is 2. The maximum Gasteiger partial charge on any atom is 0.251 e. The summed E-state index contributed by atoms with van der Waals surface area (Å²) in [7, 11) is 0. The average molecular weight is 353 g/mol. The molecule has 1 atom stereocenters. The highest BCUT2D eigenvalue weighted by Gasteiger charge is 2.35. The topological polar surface area (TPSA) is 75.4 Å². The molecule has 5 nitrogen and oxygen atoms in total. The van der Waals surface area contributed by atoms with Gasteiger partial charge in [-0.05, 0) is 34.7 Å². The number of hydrogen-bond donors (Lipinski definition) is 2. The molecule has 0 saturated carbocycles. The molecule has 2 aromatic rings. The van der Waals surface area contributed by atoms with Crippen LogP contribution in [0.5, 0.6) is 0 Å². The van der Waals surface area contributed by atoms with Crippen molar-refractivity contribution in [2.24, 2.45) is 11.1 Å². The molecule has 0 aliphatic carbocycles. The highest BCUT2D eigenvalue weighted by molar-refractivity contribution is 5.98. The highest BCUT2D eigenvalue weighted by Crippen LogP contribution is 2.27. The standard InChI is InChI=1S/C21H27N3O2/c1-21(2)14-24(12-10-18(21)22)19(25)9-11-23-20(26)17-8-7-15-5-3-4-6-16(15)13-17/h3-8,13,18H,9-12,14,22H2,1-2H3,(H,23,26). The normalized spacial score (nSPS) is 19.3. The lowest BCUT2D eigenvalue weighted by Gasteiger charge is -2.42. The summed E-state index contributed by atoms with van der Waals surface area (Å²) in [4.78, 5) is 26.6. The fourth-order valence-electron chi connectivity index (χ4n) is 3.46. The van der Waals surface area contributed by atoms with Gasteiger partial charge in [0, 0.05) is 37.7 Å². The number of piperidine rings is 1. The Morgan fingerprint density at radius 3 is 2.65 bits per heavy atom. The third kappa shape index (κ3) is 4.05. The Balaban J connectivity index is 1.52.